The molecule has 0 N–H and O–H groups in total. The minimum Gasteiger partial charge on any atom is -0.463 e. The Kier molecular flexibility index (Phi) is 6.24. The Labute approximate surface area is 127 Å². The van der Waals surface area contributed by atoms with Gasteiger partial charge in [-0.1, -0.05) is 18.9 Å². The van der Waals surface area contributed by atoms with Crippen LogP contribution in [0, 0.1) is 0 Å². The highest BCUT2D eigenvalue weighted by atomic mass is 16.6. The highest BCUT2D eigenvalue weighted by molar-refractivity contribution is 5.91. The quantitative estimate of drug-likeness (QED) is 0.747. The average Bonchev–Trinajstić information content (AvgIpc) is 2.37. The van der Waals surface area contributed by atoms with Crippen molar-refractivity contribution < 1.29 is 19.1 Å². The van der Waals surface area contributed by atoms with Crippen molar-refractivity contribution >= 4 is 12.1 Å². The first-order valence-electron chi connectivity index (χ1n) is 7.64. The van der Waals surface area contributed by atoms with Crippen LogP contribution in [0.4, 0.5) is 4.79 Å². The summed E-state index contributed by atoms with van der Waals surface area (Å²) in [5, 5.41) is 0. The average molecular weight is 297 g/mol. The number of esters is 1. The maximum Gasteiger partial charge on any atom is 0.410 e. The van der Waals surface area contributed by atoms with Gasteiger partial charge in [0, 0.05) is 6.54 Å². The van der Waals surface area contributed by atoms with Crippen LogP contribution in [0.3, 0.4) is 0 Å². The van der Waals surface area contributed by atoms with E-state index in [0.717, 1.165) is 18.4 Å². The first-order chi connectivity index (χ1) is 9.78. The van der Waals surface area contributed by atoms with Crippen LogP contribution < -0.4 is 0 Å². The normalized spacial score (nSPS) is 16.0. The van der Waals surface area contributed by atoms with Crippen molar-refractivity contribution in [3.63, 3.8) is 0 Å². The van der Waals surface area contributed by atoms with Crippen molar-refractivity contribution in [3.8, 4) is 0 Å². The second-order valence-electron chi connectivity index (χ2n) is 6.20. The summed E-state index contributed by atoms with van der Waals surface area (Å²) in [4.78, 5) is 25.8. The first kappa shape index (κ1) is 17.5. The molecule has 0 aromatic heterocycles. The smallest absolute Gasteiger partial charge is 0.410 e. The maximum absolute atomic E-state index is 12.1. The van der Waals surface area contributed by atoms with Crippen LogP contribution in [0.25, 0.3) is 0 Å². The molecule has 0 aromatic rings. The molecule has 0 bridgehead atoms. The standard InChI is InChI=1S/C16H27NO4/c1-6-8-12-9-10-17(15(19)21-16(3,4)5)11-13(12)14(18)20-7-2/h6-11H2,1-5H3. The van der Waals surface area contributed by atoms with Crippen LogP contribution in [-0.4, -0.2) is 42.3 Å². The third-order valence-electron chi connectivity index (χ3n) is 3.18. The van der Waals surface area contributed by atoms with Gasteiger partial charge in [-0.2, -0.15) is 0 Å². The van der Waals surface area contributed by atoms with Gasteiger partial charge in [-0.05, 0) is 40.5 Å². The Morgan fingerprint density at radius 1 is 1.24 bits per heavy atom. The SMILES string of the molecule is CCCC1=C(C(=O)OCC)CN(C(=O)OC(C)(C)C)CC1. The van der Waals surface area contributed by atoms with Gasteiger partial charge >= 0.3 is 12.1 Å². The summed E-state index contributed by atoms with van der Waals surface area (Å²) in [6, 6.07) is 0. The highest BCUT2D eigenvalue weighted by Crippen LogP contribution is 2.24. The van der Waals surface area contributed by atoms with Crippen molar-refractivity contribution in [1.82, 2.24) is 4.90 Å². The molecule has 1 heterocycles. The lowest BCUT2D eigenvalue weighted by atomic mass is 9.96. The molecule has 21 heavy (non-hydrogen) atoms. The molecule has 0 radical (unpaired) electrons. The fourth-order valence-electron chi connectivity index (χ4n) is 2.29. The Hall–Kier alpha value is -1.52. The van der Waals surface area contributed by atoms with E-state index < -0.39 is 5.60 Å². The second kappa shape index (κ2) is 7.48. The van der Waals surface area contributed by atoms with E-state index in [2.05, 4.69) is 6.92 Å². The second-order valence-corrected chi connectivity index (χ2v) is 6.20. The van der Waals surface area contributed by atoms with Crippen LogP contribution in [0.15, 0.2) is 11.1 Å². The number of carbonyl (C=O) groups excluding carboxylic acids is 2. The van der Waals surface area contributed by atoms with Gasteiger partial charge in [-0.25, -0.2) is 9.59 Å². The zero-order chi connectivity index (χ0) is 16.0. The topological polar surface area (TPSA) is 55.8 Å². The molecule has 1 rings (SSSR count). The van der Waals surface area contributed by atoms with E-state index in [0.29, 0.717) is 25.1 Å². The van der Waals surface area contributed by atoms with Gasteiger partial charge in [0.05, 0.1) is 18.7 Å². The van der Waals surface area contributed by atoms with E-state index in [1.165, 1.54) is 0 Å². The highest BCUT2D eigenvalue weighted by Gasteiger charge is 2.29. The van der Waals surface area contributed by atoms with Gasteiger partial charge in [0.2, 0.25) is 0 Å². The number of rotatable bonds is 4. The molecule has 1 aliphatic rings. The monoisotopic (exact) mass is 297 g/mol. The molecule has 5 heteroatoms. The molecule has 0 atom stereocenters. The zero-order valence-corrected chi connectivity index (χ0v) is 13.8. The third-order valence-corrected chi connectivity index (χ3v) is 3.18. The van der Waals surface area contributed by atoms with Crippen molar-refractivity contribution in [3.05, 3.63) is 11.1 Å². The fraction of sp³-hybridized carbons (Fsp3) is 0.750. The van der Waals surface area contributed by atoms with E-state index in [-0.39, 0.29) is 18.6 Å². The number of nitrogens with zero attached hydrogens (tertiary/aromatic N) is 1. The minimum absolute atomic E-state index is 0.281. The summed E-state index contributed by atoms with van der Waals surface area (Å²) in [6.45, 7) is 10.6. The molecule has 0 aliphatic carbocycles. The van der Waals surface area contributed by atoms with E-state index >= 15 is 0 Å². The van der Waals surface area contributed by atoms with Crippen molar-refractivity contribution in [2.24, 2.45) is 0 Å². The number of amides is 1. The summed E-state index contributed by atoms with van der Waals surface area (Å²) in [7, 11) is 0. The molecule has 0 spiro atoms. The molecular formula is C16H27NO4. The van der Waals surface area contributed by atoms with Crippen molar-refractivity contribution in [2.75, 3.05) is 19.7 Å². The third kappa shape index (κ3) is 5.40. The van der Waals surface area contributed by atoms with Gasteiger partial charge in [0.1, 0.15) is 5.60 Å². The summed E-state index contributed by atoms with van der Waals surface area (Å²) in [6.07, 6.45) is 2.18. The molecule has 0 saturated heterocycles. The van der Waals surface area contributed by atoms with Crippen LogP contribution in [0.1, 0.15) is 53.9 Å². The molecule has 0 aromatic carbocycles. The maximum atomic E-state index is 12.1. The lowest BCUT2D eigenvalue weighted by Crippen LogP contribution is -2.42. The molecule has 1 aliphatic heterocycles. The summed E-state index contributed by atoms with van der Waals surface area (Å²) < 4.78 is 10.5. The van der Waals surface area contributed by atoms with Gasteiger partial charge < -0.3 is 14.4 Å². The molecule has 0 fully saturated rings. The summed E-state index contributed by atoms with van der Waals surface area (Å²) >= 11 is 0. The number of ether oxygens (including phenoxy) is 2. The molecule has 120 valence electrons. The summed E-state index contributed by atoms with van der Waals surface area (Å²) in [5.41, 5.74) is 1.20. The molecule has 0 saturated carbocycles. The first-order valence-corrected chi connectivity index (χ1v) is 7.64. The van der Waals surface area contributed by atoms with Gasteiger partial charge in [0.15, 0.2) is 0 Å². The minimum atomic E-state index is -0.533. The van der Waals surface area contributed by atoms with E-state index in [1.54, 1.807) is 11.8 Å². The Balaban J connectivity index is 2.84. The van der Waals surface area contributed by atoms with Gasteiger partial charge in [-0.3, -0.25) is 0 Å². The van der Waals surface area contributed by atoms with Crippen molar-refractivity contribution in [2.45, 2.75) is 59.5 Å². The van der Waals surface area contributed by atoms with E-state index in [4.69, 9.17) is 9.47 Å². The van der Waals surface area contributed by atoms with Crippen LogP contribution >= 0.6 is 0 Å². The lowest BCUT2D eigenvalue weighted by molar-refractivity contribution is -0.139. The van der Waals surface area contributed by atoms with E-state index in [9.17, 15) is 9.59 Å². The van der Waals surface area contributed by atoms with Crippen molar-refractivity contribution in [1.29, 1.82) is 0 Å². The fourth-order valence-corrected chi connectivity index (χ4v) is 2.29. The zero-order valence-electron chi connectivity index (χ0n) is 13.8. The molecule has 1 amide bonds. The Morgan fingerprint density at radius 3 is 2.43 bits per heavy atom. The molecule has 5 nitrogen and oxygen atoms in total. The number of carbonyl (C=O) groups is 2. The van der Waals surface area contributed by atoms with Crippen LogP contribution in [0.5, 0.6) is 0 Å². The Morgan fingerprint density at radius 2 is 1.90 bits per heavy atom. The number of hydrogen-bond acceptors (Lipinski definition) is 4. The predicted octanol–water partition coefficient (Wildman–Crippen LogP) is 3.29. The largest absolute Gasteiger partial charge is 0.463 e. The van der Waals surface area contributed by atoms with E-state index in [1.807, 2.05) is 20.8 Å². The predicted molar refractivity (Wildman–Crippen MR) is 81.0 cm³/mol. The van der Waals surface area contributed by atoms with Gasteiger partial charge in [-0.15, -0.1) is 0 Å². The Bertz CT molecular complexity index is 420. The lowest BCUT2D eigenvalue weighted by Gasteiger charge is -2.32. The number of hydrogen-bond donors (Lipinski definition) is 0. The molecular weight excluding hydrogens is 270 g/mol. The van der Waals surface area contributed by atoms with Gasteiger partial charge in [0.25, 0.3) is 0 Å². The molecule has 0 unspecified atom stereocenters. The van der Waals surface area contributed by atoms with Crippen LogP contribution in [-0.2, 0) is 14.3 Å². The van der Waals surface area contributed by atoms with Crippen LogP contribution in [0.2, 0.25) is 0 Å². The summed E-state index contributed by atoms with van der Waals surface area (Å²) in [5.74, 6) is -0.311.